The van der Waals surface area contributed by atoms with Crippen LogP contribution in [-0.2, 0) is 16.6 Å². The number of carbonyl (C=O) groups excluding carboxylic acids is 1. The monoisotopic (exact) mass is 457 g/mol. The zero-order chi connectivity index (χ0) is 22.6. The quantitative estimate of drug-likeness (QED) is 0.692. The normalized spacial score (nSPS) is 18.5. The summed E-state index contributed by atoms with van der Waals surface area (Å²) < 4.78 is 32.1. The molecule has 2 saturated heterocycles. The van der Waals surface area contributed by atoms with Crippen molar-refractivity contribution < 1.29 is 17.9 Å². The minimum Gasteiger partial charge on any atom is -0.497 e. The first kappa shape index (κ1) is 22.8. The number of sulfonamides is 1. The Kier molecular flexibility index (Phi) is 7.13. The first-order chi connectivity index (χ1) is 15.5. The van der Waals surface area contributed by atoms with Crippen molar-refractivity contribution >= 4 is 15.9 Å². The van der Waals surface area contributed by atoms with E-state index in [1.165, 1.54) is 9.87 Å². The van der Waals surface area contributed by atoms with Crippen LogP contribution in [-0.4, -0.2) is 62.9 Å². The minimum atomic E-state index is -3.46. The third-order valence-electron chi connectivity index (χ3n) is 6.28. The zero-order valence-electron chi connectivity index (χ0n) is 18.5. The molecule has 1 N–H and O–H groups in total. The number of benzene rings is 2. The van der Waals surface area contributed by atoms with Crippen LogP contribution in [0.4, 0.5) is 0 Å². The van der Waals surface area contributed by atoms with Gasteiger partial charge in [-0.05, 0) is 67.6 Å². The van der Waals surface area contributed by atoms with Gasteiger partial charge in [0.25, 0.3) is 5.91 Å². The molecular formula is C24H31N3O4S. The predicted octanol–water partition coefficient (Wildman–Crippen LogP) is 2.87. The first-order valence-corrected chi connectivity index (χ1v) is 12.7. The summed E-state index contributed by atoms with van der Waals surface area (Å²) in [5, 5.41) is 3.11. The fourth-order valence-corrected chi connectivity index (χ4v) is 5.91. The molecule has 2 fully saturated rings. The lowest BCUT2D eigenvalue weighted by molar-refractivity contribution is 0.0908. The topological polar surface area (TPSA) is 79.0 Å². The lowest BCUT2D eigenvalue weighted by Crippen LogP contribution is -2.44. The maximum atomic E-state index is 12.7. The highest BCUT2D eigenvalue weighted by atomic mass is 32.2. The highest BCUT2D eigenvalue weighted by molar-refractivity contribution is 7.89. The van der Waals surface area contributed by atoms with Gasteiger partial charge in [-0.1, -0.05) is 12.1 Å². The molecule has 172 valence electrons. The summed E-state index contributed by atoms with van der Waals surface area (Å²) in [4.78, 5) is 15.3. The summed E-state index contributed by atoms with van der Waals surface area (Å²) in [6.45, 7) is 3.83. The van der Waals surface area contributed by atoms with Crippen LogP contribution in [0, 0.1) is 0 Å². The van der Waals surface area contributed by atoms with Gasteiger partial charge in [0.2, 0.25) is 10.0 Å². The molecule has 32 heavy (non-hydrogen) atoms. The number of rotatable bonds is 7. The number of hydrogen-bond donors (Lipinski definition) is 1. The molecule has 0 spiro atoms. The average molecular weight is 458 g/mol. The smallest absolute Gasteiger partial charge is 0.251 e. The number of amides is 1. The summed E-state index contributed by atoms with van der Waals surface area (Å²) in [7, 11) is -1.78. The van der Waals surface area contributed by atoms with Gasteiger partial charge in [-0.3, -0.25) is 9.69 Å². The molecule has 0 aliphatic carbocycles. The Hall–Kier alpha value is -2.42. The molecule has 0 radical (unpaired) electrons. The van der Waals surface area contributed by atoms with Crippen LogP contribution in [0.3, 0.4) is 0 Å². The molecule has 0 unspecified atom stereocenters. The van der Waals surface area contributed by atoms with E-state index in [0.717, 1.165) is 51.1 Å². The van der Waals surface area contributed by atoms with Crippen LogP contribution >= 0.6 is 0 Å². The number of carbonyl (C=O) groups is 1. The van der Waals surface area contributed by atoms with Gasteiger partial charge in [0, 0.05) is 44.3 Å². The minimum absolute atomic E-state index is 0.122. The number of nitrogens with one attached hydrogen (secondary N) is 1. The van der Waals surface area contributed by atoms with Crippen molar-refractivity contribution in [2.75, 3.05) is 33.3 Å². The third kappa shape index (κ3) is 5.31. The van der Waals surface area contributed by atoms with Crippen LogP contribution in [0.15, 0.2) is 53.4 Å². The van der Waals surface area contributed by atoms with Crippen LogP contribution in [0.5, 0.6) is 5.75 Å². The van der Waals surface area contributed by atoms with Gasteiger partial charge in [-0.15, -0.1) is 0 Å². The average Bonchev–Trinajstić information content (AvgIpc) is 3.37. The molecule has 1 amide bonds. The highest BCUT2D eigenvalue weighted by Crippen LogP contribution is 2.22. The number of nitrogens with zero attached hydrogens (tertiary/aromatic N) is 2. The van der Waals surface area contributed by atoms with E-state index in [-0.39, 0.29) is 16.8 Å². The Morgan fingerprint density at radius 2 is 1.72 bits per heavy atom. The number of likely N-dealkylation sites (tertiary alicyclic amines) is 1. The van der Waals surface area contributed by atoms with Crippen molar-refractivity contribution in [2.45, 2.75) is 43.2 Å². The highest BCUT2D eigenvalue weighted by Gasteiger charge is 2.27. The molecule has 0 atom stereocenters. The summed E-state index contributed by atoms with van der Waals surface area (Å²) >= 11 is 0. The van der Waals surface area contributed by atoms with E-state index in [1.807, 2.05) is 12.1 Å². The van der Waals surface area contributed by atoms with Crippen molar-refractivity contribution in [2.24, 2.45) is 0 Å². The molecule has 2 aliphatic heterocycles. The fraction of sp³-hybridized carbons (Fsp3) is 0.458. The standard InChI is InChI=1S/C24H31N3O4S/c1-31-22-6-4-5-19(17-22)18-26-15-11-21(12-16-26)25-24(28)20-7-9-23(10-8-20)32(29,30)27-13-2-3-14-27/h4-10,17,21H,2-3,11-16,18H2,1H3,(H,25,28). The molecular weight excluding hydrogens is 426 g/mol. The summed E-state index contributed by atoms with van der Waals surface area (Å²) in [6, 6.07) is 14.5. The molecule has 2 aromatic carbocycles. The predicted molar refractivity (Wildman–Crippen MR) is 123 cm³/mol. The summed E-state index contributed by atoms with van der Waals surface area (Å²) in [5.41, 5.74) is 1.71. The van der Waals surface area contributed by atoms with E-state index in [4.69, 9.17) is 4.74 Å². The SMILES string of the molecule is COc1cccc(CN2CCC(NC(=O)c3ccc(S(=O)(=O)N4CCCC4)cc3)CC2)c1. The molecule has 8 heteroatoms. The van der Waals surface area contributed by atoms with Crippen LogP contribution in [0.25, 0.3) is 0 Å². The van der Waals surface area contributed by atoms with E-state index in [9.17, 15) is 13.2 Å². The molecule has 0 bridgehead atoms. The lowest BCUT2D eigenvalue weighted by Gasteiger charge is -2.32. The van der Waals surface area contributed by atoms with E-state index >= 15 is 0 Å². The van der Waals surface area contributed by atoms with E-state index in [0.29, 0.717) is 18.7 Å². The molecule has 0 aromatic heterocycles. The van der Waals surface area contributed by atoms with Crippen molar-refractivity contribution in [3.63, 3.8) is 0 Å². The van der Waals surface area contributed by atoms with Gasteiger partial charge in [-0.2, -0.15) is 4.31 Å². The molecule has 0 saturated carbocycles. The second-order valence-corrected chi connectivity index (χ2v) is 10.4. The Morgan fingerprint density at radius 3 is 2.38 bits per heavy atom. The Bertz CT molecular complexity index is 1030. The lowest BCUT2D eigenvalue weighted by atomic mass is 10.0. The van der Waals surface area contributed by atoms with E-state index < -0.39 is 10.0 Å². The molecule has 2 aliphatic rings. The number of ether oxygens (including phenoxy) is 1. The molecule has 4 rings (SSSR count). The van der Waals surface area contributed by atoms with Crippen molar-refractivity contribution in [3.05, 3.63) is 59.7 Å². The van der Waals surface area contributed by atoms with Gasteiger partial charge >= 0.3 is 0 Å². The van der Waals surface area contributed by atoms with Crippen molar-refractivity contribution in [3.8, 4) is 5.75 Å². The molecule has 7 nitrogen and oxygen atoms in total. The van der Waals surface area contributed by atoms with Gasteiger partial charge in [-0.25, -0.2) is 8.42 Å². The third-order valence-corrected chi connectivity index (χ3v) is 8.20. The van der Waals surface area contributed by atoms with Gasteiger partial charge < -0.3 is 10.1 Å². The van der Waals surface area contributed by atoms with Gasteiger partial charge in [0.1, 0.15) is 5.75 Å². The number of hydrogen-bond acceptors (Lipinski definition) is 5. The van der Waals surface area contributed by atoms with Gasteiger partial charge in [0.05, 0.1) is 12.0 Å². The largest absolute Gasteiger partial charge is 0.497 e. The Labute approximate surface area is 190 Å². The van der Waals surface area contributed by atoms with E-state index in [2.05, 4.69) is 22.3 Å². The summed E-state index contributed by atoms with van der Waals surface area (Å²) in [6.07, 6.45) is 3.57. The van der Waals surface area contributed by atoms with Crippen molar-refractivity contribution in [1.82, 2.24) is 14.5 Å². The Morgan fingerprint density at radius 1 is 1.03 bits per heavy atom. The van der Waals surface area contributed by atoms with Gasteiger partial charge in [0.15, 0.2) is 0 Å². The van der Waals surface area contributed by atoms with Crippen LogP contribution in [0.2, 0.25) is 0 Å². The van der Waals surface area contributed by atoms with Crippen molar-refractivity contribution in [1.29, 1.82) is 0 Å². The second-order valence-electron chi connectivity index (χ2n) is 8.51. The second kappa shape index (κ2) is 10.0. The summed E-state index contributed by atoms with van der Waals surface area (Å²) in [5.74, 6) is 0.713. The maximum absolute atomic E-state index is 12.7. The number of piperidine rings is 1. The van der Waals surface area contributed by atoms with Crippen LogP contribution in [0.1, 0.15) is 41.6 Å². The zero-order valence-corrected chi connectivity index (χ0v) is 19.3. The van der Waals surface area contributed by atoms with Crippen LogP contribution < -0.4 is 10.1 Å². The number of methoxy groups -OCH3 is 1. The molecule has 2 heterocycles. The molecule has 2 aromatic rings. The Balaban J connectivity index is 1.28. The first-order valence-electron chi connectivity index (χ1n) is 11.2. The fourth-order valence-electron chi connectivity index (χ4n) is 4.39. The maximum Gasteiger partial charge on any atom is 0.251 e. The van der Waals surface area contributed by atoms with E-state index in [1.54, 1.807) is 31.4 Å².